The molecule has 1 fully saturated rings. The van der Waals surface area contributed by atoms with Gasteiger partial charge in [0.15, 0.2) is 0 Å². The maximum atomic E-state index is 11.1. The van der Waals surface area contributed by atoms with Crippen LogP contribution in [0.3, 0.4) is 0 Å². The van der Waals surface area contributed by atoms with Crippen molar-refractivity contribution in [1.29, 1.82) is 0 Å². The molecule has 1 aliphatic heterocycles. The molecular formula is C8H10O2S. The number of allylic oxidation sites excluding steroid dienone is 1. The van der Waals surface area contributed by atoms with Crippen LogP contribution in [0.15, 0.2) is 12.2 Å². The van der Waals surface area contributed by atoms with Crippen LogP contribution in [0.4, 0.5) is 0 Å². The molecule has 2 aliphatic rings. The monoisotopic (exact) mass is 170 g/mol. The number of hydrogen-bond acceptors (Lipinski definition) is 3. The van der Waals surface area contributed by atoms with Gasteiger partial charge in [-0.3, -0.25) is 4.79 Å². The number of rotatable bonds is 1. The number of fused-ring (bicyclic) bond motifs is 2. The van der Waals surface area contributed by atoms with E-state index in [-0.39, 0.29) is 11.2 Å². The topological polar surface area (TPSA) is 26.3 Å². The van der Waals surface area contributed by atoms with Crippen molar-refractivity contribution in [3.8, 4) is 0 Å². The van der Waals surface area contributed by atoms with Gasteiger partial charge < -0.3 is 4.74 Å². The van der Waals surface area contributed by atoms with Crippen molar-refractivity contribution in [2.45, 2.75) is 16.9 Å². The van der Waals surface area contributed by atoms with Gasteiger partial charge in [0.2, 0.25) is 0 Å². The van der Waals surface area contributed by atoms with Gasteiger partial charge in [-0.15, -0.1) is 11.8 Å². The van der Waals surface area contributed by atoms with Crippen LogP contribution in [0.1, 0.15) is 6.42 Å². The molecule has 3 heteroatoms. The van der Waals surface area contributed by atoms with E-state index in [4.69, 9.17) is 4.74 Å². The lowest BCUT2D eigenvalue weighted by molar-refractivity contribution is -0.140. The fraction of sp³-hybridized carbons (Fsp3) is 0.625. The average Bonchev–Trinajstić information content (AvgIpc) is 2.62. The van der Waals surface area contributed by atoms with E-state index in [2.05, 4.69) is 12.2 Å². The summed E-state index contributed by atoms with van der Waals surface area (Å²) in [6, 6.07) is 0. The number of carbonyl (C=O) groups excluding carboxylic acids is 1. The zero-order chi connectivity index (χ0) is 7.84. The van der Waals surface area contributed by atoms with Gasteiger partial charge in [0.25, 0.3) is 0 Å². The minimum absolute atomic E-state index is 0.0631. The molecule has 2 rings (SSSR count). The van der Waals surface area contributed by atoms with E-state index in [0.717, 1.165) is 6.42 Å². The molecule has 3 atom stereocenters. The number of thioether (sulfide) groups is 1. The summed E-state index contributed by atoms with van der Waals surface area (Å²) in [4.78, 5) is 11.1. The molecule has 0 N–H and O–H groups in total. The van der Waals surface area contributed by atoms with Gasteiger partial charge >= 0.3 is 5.97 Å². The van der Waals surface area contributed by atoms with Gasteiger partial charge in [-0.2, -0.15) is 0 Å². The first-order valence-electron chi connectivity index (χ1n) is 3.73. The molecule has 1 saturated heterocycles. The molecule has 1 aliphatic carbocycles. The highest BCUT2D eigenvalue weighted by Gasteiger charge is 2.41. The third-order valence-corrected chi connectivity index (χ3v) is 3.76. The van der Waals surface area contributed by atoms with Gasteiger partial charge in [0.1, 0.15) is 5.25 Å². The Bertz CT molecular complexity index is 212. The van der Waals surface area contributed by atoms with Crippen LogP contribution in [0.25, 0.3) is 0 Å². The zero-order valence-electron chi connectivity index (χ0n) is 6.32. The van der Waals surface area contributed by atoms with Crippen LogP contribution in [0.5, 0.6) is 0 Å². The highest BCUT2D eigenvalue weighted by atomic mass is 32.2. The number of carbonyl (C=O) groups is 1. The highest BCUT2D eigenvalue weighted by Crippen LogP contribution is 2.45. The van der Waals surface area contributed by atoms with Crippen LogP contribution in [0, 0.1) is 5.92 Å². The van der Waals surface area contributed by atoms with Crippen LogP contribution in [0.2, 0.25) is 0 Å². The van der Waals surface area contributed by atoms with Crippen molar-refractivity contribution >= 4 is 17.7 Å². The Balaban J connectivity index is 2.08. The molecule has 2 bridgehead atoms. The van der Waals surface area contributed by atoms with Gasteiger partial charge in [0.05, 0.1) is 7.11 Å². The van der Waals surface area contributed by atoms with Gasteiger partial charge in [-0.05, 0) is 6.42 Å². The van der Waals surface area contributed by atoms with Crippen molar-refractivity contribution < 1.29 is 9.53 Å². The Hall–Kier alpha value is -0.440. The minimum atomic E-state index is -0.0631. The maximum Gasteiger partial charge on any atom is 0.319 e. The first-order valence-corrected chi connectivity index (χ1v) is 4.67. The zero-order valence-corrected chi connectivity index (χ0v) is 7.14. The molecule has 0 amide bonds. The second-order valence-corrected chi connectivity index (χ2v) is 4.29. The fourth-order valence-corrected chi connectivity index (χ4v) is 3.16. The number of methoxy groups -OCH3 is 1. The first-order chi connectivity index (χ1) is 5.31. The number of hydrogen-bond donors (Lipinski definition) is 0. The molecule has 0 saturated carbocycles. The maximum absolute atomic E-state index is 11.1. The number of esters is 1. The summed E-state index contributed by atoms with van der Waals surface area (Å²) in [5, 5.41) is 0.652. The van der Waals surface area contributed by atoms with Gasteiger partial charge in [-0.1, -0.05) is 12.2 Å². The predicted octanol–water partition coefficient (Wildman–Crippen LogP) is 1.22. The fourth-order valence-electron chi connectivity index (χ4n) is 1.65. The molecule has 0 aromatic carbocycles. The summed E-state index contributed by atoms with van der Waals surface area (Å²) >= 11 is 1.73. The summed E-state index contributed by atoms with van der Waals surface area (Å²) in [7, 11) is 1.46. The molecule has 1 heterocycles. The summed E-state index contributed by atoms with van der Waals surface area (Å²) in [6.45, 7) is 0. The van der Waals surface area contributed by atoms with Crippen LogP contribution >= 0.6 is 11.8 Å². The van der Waals surface area contributed by atoms with Crippen molar-refractivity contribution in [3.63, 3.8) is 0 Å². The summed E-state index contributed by atoms with van der Waals surface area (Å²) < 4.78 is 4.69. The normalized spacial score (nSPS) is 39.5. The Kier molecular flexibility index (Phi) is 1.68. The second-order valence-electron chi connectivity index (χ2n) is 2.90. The molecule has 60 valence electrons. The van der Waals surface area contributed by atoms with Crippen LogP contribution in [-0.2, 0) is 9.53 Å². The lowest BCUT2D eigenvalue weighted by atomic mass is 10.1. The molecule has 0 aromatic rings. The standard InChI is InChI=1S/C8H10O2S/c1-10-8(9)7-5-2-3-6(4-5)11-7/h2-3,5-7H,4H2,1H3/t5-,6+,7-/m1/s1. The molecule has 0 unspecified atom stereocenters. The molecule has 0 spiro atoms. The van der Waals surface area contributed by atoms with E-state index in [1.165, 1.54) is 7.11 Å². The Morgan fingerprint density at radius 2 is 2.45 bits per heavy atom. The quantitative estimate of drug-likeness (QED) is 0.437. The number of ether oxygens (including phenoxy) is 1. The first kappa shape index (κ1) is 7.22. The van der Waals surface area contributed by atoms with E-state index in [1.54, 1.807) is 11.8 Å². The molecule has 0 aromatic heterocycles. The van der Waals surface area contributed by atoms with Gasteiger partial charge in [-0.25, -0.2) is 0 Å². The van der Waals surface area contributed by atoms with Crippen molar-refractivity contribution in [2.75, 3.05) is 7.11 Å². The van der Waals surface area contributed by atoms with E-state index < -0.39 is 0 Å². The van der Waals surface area contributed by atoms with Crippen LogP contribution < -0.4 is 0 Å². The van der Waals surface area contributed by atoms with Crippen molar-refractivity contribution in [2.24, 2.45) is 5.92 Å². The predicted molar refractivity (Wildman–Crippen MR) is 44.4 cm³/mol. The van der Waals surface area contributed by atoms with E-state index in [9.17, 15) is 4.79 Å². The molecule has 2 nitrogen and oxygen atoms in total. The Morgan fingerprint density at radius 3 is 2.91 bits per heavy atom. The summed E-state index contributed by atoms with van der Waals surface area (Å²) in [5.74, 6) is 0.379. The minimum Gasteiger partial charge on any atom is -0.468 e. The van der Waals surface area contributed by atoms with E-state index in [0.29, 0.717) is 11.2 Å². The highest BCUT2D eigenvalue weighted by molar-refractivity contribution is 8.01. The van der Waals surface area contributed by atoms with Gasteiger partial charge in [0, 0.05) is 11.2 Å². The van der Waals surface area contributed by atoms with Crippen molar-refractivity contribution in [3.05, 3.63) is 12.2 Å². The van der Waals surface area contributed by atoms with E-state index >= 15 is 0 Å². The second kappa shape index (κ2) is 2.55. The Labute approximate surface area is 70.0 Å². The average molecular weight is 170 g/mol. The third kappa shape index (κ3) is 1.07. The molecule has 11 heavy (non-hydrogen) atoms. The van der Waals surface area contributed by atoms with Crippen molar-refractivity contribution in [1.82, 2.24) is 0 Å². The lowest BCUT2D eigenvalue weighted by Gasteiger charge is -2.13. The largest absolute Gasteiger partial charge is 0.468 e. The Morgan fingerprint density at radius 1 is 1.64 bits per heavy atom. The molecule has 0 radical (unpaired) electrons. The SMILES string of the molecule is COC(=O)[C@@H]1S[C@H]2C=C[C@@H]1C2. The van der Waals surface area contributed by atoms with E-state index in [1.807, 2.05) is 0 Å². The third-order valence-electron chi connectivity index (χ3n) is 2.22. The van der Waals surface area contributed by atoms with Crippen LogP contribution in [-0.4, -0.2) is 23.6 Å². The lowest BCUT2D eigenvalue weighted by Crippen LogP contribution is -2.23. The summed E-state index contributed by atoms with van der Waals surface area (Å²) in [6.07, 6.45) is 5.46. The summed E-state index contributed by atoms with van der Waals surface area (Å²) in [5.41, 5.74) is 0. The smallest absolute Gasteiger partial charge is 0.319 e. The molecular weight excluding hydrogens is 160 g/mol.